The zero-order valence-electron chi connectivity index (χ0n) is 17.9. The Labute approximate surface area is 183 Å². The van der Waals surface area contributed by atoms with Crippen molar-refractivity contribution < 1.29 is 13.9 Å². The van der Waals surface area contributed by atoms with Gasteiger partial charge in [-0.1, -0.05) is 30.3 Å². The van der Waals surface area contributed by atoms with E-state index in [1.807, 2.05) is 54.6 Å². The summed E-state index contributed by atoms with van der Waals surface area (Å²) in [6.07, 6.45) is 0.839. The van der Waals surface area contributed by atoms with Crippen molar-refractivity contribution in [1.82, 2.24) is 4.90 Å². The molecule has 4 rings (SSSR count). The molecule has 1 heterocycles. The molecule has 0 bridgehead atoms. The second-order valence-corrected chi connectivity index (χ2v) is 7.79. The molecule has 162 valence electrons. The molecular formula is C26H29FN2O2. The standard InChI is InChI=1S/C26H29FN2O2/c1-30-25-9-5-6-21(20-25)26(31-24-7-3-2-4-8-24)14-15-28-16-18-29(19-17-28)23-12-10-22(27)11-13-23/h2-13,20,26H,14-19H2,1H3. The van der Waals surface area contributed by atoms with Crippen LogP contribution in [0.25, 0.3) is 0 Å². The summed E-state index contributed by atoms with van der Waals surface area (Å²) in [7, 11) is 1.69. The minimum Gasteiger partial charge on any atom is -0.497 e. The van der Waals surface area contributed by atoms with E-state index in [0.717, 1.165) is 61.9 Å². The summed E-state index contributed by atoms with van der Waals surface area (Å²) < 4.78 is 25.0. The predicted molar refractivity (Wildman–Crippen MR) is 122 cm³/mol. The van der Waals surface area contributed by atoms with Crippen molar-refractivity contribution in [2.45, 2.75) is 12.5 Å². The molecular weight excluding hydrogens is 391 g/mol. The number of para-hydroxylation sites is 1. The lowest BCUT2D eigenvalue weighted by Gasteiger charge is -2.36. The Bertz CT molecular complexity index is 941. The molecule has 0 aromatic heterocycles. The van der Waals surface area contributed by atoms with Gasteiger partial charge in [-0.25, -0.2) is 4.39 Å². The third-order valence-electron chi connectivity index (χ3n) is 5.76. The van der Waals surface area contributed by atoms with Crippen molar-refractivity contribution in [1.29, 1.82) is 0 Å². The molecule has 0 spiro atoms. The van der Waals surface area contributed by atoms with E-state index >= 15 is 0 Å². The van der Waals surface area contributed by atoms with Crippen LogP contribution in [0, 0.1) is 5.82 Å². The number of hydrogen-bond acceptors (Lipinski definition) is 4. The minimum absolute atomic E-state index is 0.0485. The highest BCUT2D eigenvalue weighted by Gasteiger charge is 2.20. The van der Waals surface area contributed by atoms with Gasteiger partial charge in [0.15, 0.2) is 0 Å². The fraction of sp³-hybridized carbons (Fsp3) is 0.308. The topological polar surface area (TPSA) is 24.9 Å². The first kappa shape index (κ1) is 21.2. The average Bonchev–Trinajstić information content (AvgIpc) is 2.83. The van der Waals surface area contributed by atoms with Gasteiger partial charge in [0.25, 0.3) is 0 Å². The van der Waals surface area contributed by atoms with Gasteiger partial charge in [0.05, 0.1) is 7.11 Å². The number of hydrogen-bond donors (Lipinski definition) is 0. The Kier molecular flexibility index (Phi) is 7.05. The largest absolute Gasteiger partial charge is 0.497 e. The molecule has 3 aromatic rings. The number of methoxy groups -OCH3 is 1. The molecule has 0 amide bonds. The van der Waals surface area contributed by atoms with Crippen molar-refractivity contribution in [3.05, 3.63) is 90.2 Å². The zero-order chi connectivity index (χ0) is 21.5. The van der Waals surface area contributed by atoms with E-state index in [1.54, 1.807) is 7.11 Å². The lowest BCUT2D eigenvalue weighted by atomic mass is 10.1. The number of nitrogens with zero attached hydrogens (tertiary/aromatic N) is 2. The average molecular weight is 421 g/mol. The lowest BCUT2D eigenvalue weighted by Crippen LogP contribution is -2.46. The molecule has 3 aromatic carbocycles. The number of anilines is 1. The maximum Gasteiger partial charge on any atom is 0.125 e. The van der Waals surface area contributed by atoms with Gasteiger partial charge in [-0.3, -0.25) is 4.90 Å². The summed E-state index contributed by atoms with van der Waals surface area (Å²) in [5.74, 6) is 1.52. The molecule has 1 aliphatic rings. The van der Waals surface area contributed by atoms with Crippen LogP contribution in [0.4, 0.5) is 10.1 Å². The summed E-state index contributed by atoms with van der Waals surface area (Å²) in [6, 6.07) is 24.9. The molecule has 0 N–H and O–H groups in total. The highest BCUT2D eigenvalue weighted by atomic mass is 19.1. The SMILES string of the molecule is COc1cccc(C(CCN2CCN(c3ccc(F)cc3)CC2)Oc2ccccc2)c1. The summed E-state index contributed by atoms with van der Waals surface area (Å²) in [4.78, 5) is 4.79. The van der Waals surface area contributed by atoms with E-state index in [4.69, 9.17) is 9.47 Å². The number of rotatable bonds is 8. The van der Waals surface area contributed by atoms with Crippen LogP contribution in [-0.2, 0) is 0 Å². The summed E-state index contributed by atoms with van der Waals surface area (Å²) in [5.41, 5.74) is 2.20. The Morgan fingerprint density at radius 1 is 0.839 bits per heavy atom. The molecule has 0 aliphatic carbocycles. The Morgan fingerprint density at radius 3 is 2.26 bits per heavy atom. The Balaban J connectivity index is 1.37. The number of ether oxygens (including phenoxy) is 2. The fourth-order valence-electron chi connectivity index (χ4n) is 3.98. The zero-order valence-corrected chi connectivity index (χ0v) is 17.9. The van der Waals surface area contributed by atoms with Crippen LogP contribution in [0.3, 0.4) is 0 Å². The Hall–Kier alpha value is -3.05. The van der Waals surface area contributed by atoms with E-state index in [2.05, 4.69) is 21.9 Å². The van der Waals surface area contributed by atoms with Crippen LogP contribution in [0.15, 0.2) is 78.9 Å². The molecule has 1 aliphatic heterocycles. The van der Waals surface area contributed by atoms with Crippen LogP contribution in [0.1, 0.15) is 18.1 Å². The molecule has 5 heteroatoms. The Morgan fingerprint density at radius 2 is 1.55 bits per heavy atom. The van der Waals surface area contributed by atoms with E-state index in [1.165, 1.54) is 12.1 Å². The van der Waals surface area contributed by atoms with Crippen LogP contribution in [-0.4, -0.2) is 44.7 Å². The minimum atomic E-state index is -0.190. The highest BCUT2D eigenvalue weighted by Crippen LogP contribution is 2.28. The van der Waals surface area contributed by atoms with Crippen LogP contribution >= 0.6 is 0 Å². The third kappa shape index (κ3) is 5.76. The second-order valence-electron chi connectivity index (χ2n) is 7.79. The monoisotopic (exact) mass is 420 g/mol. The number of halogens is 1. The van der Waals surface area contributed by atoms with Gasteiger partial charge in [-0.05, 0) is 54.1 Å². The smallest absolute Gasteiger partial charge is 0.125 e. The lowest BCUT2D eigenvalue weighted by molar-refractivity contribution is 0.160. The first-order valence-electron chi connectivity index (χ1n) is 10.8. The van der Waals surface area contributed by atoms with Crippen molar-refractivity contribution in [2.75, 3.05) is 44.7 Å². The highest BCUT2D eigenvalue weighted by molar-refractivity contribution is 5.46. The molecule has 0 radical (unpaired) electrons. The summed E-state index contributed by atoms with van der Waals surface area (Å²) in [6.45, 7) is 4.79. The van der Waals surface area contributed by atoms with E-state index < -0.39 is 0 Å². The normalized spacial score (nSPS) is 15.5. The maximum absolute atomic E-state index is 13.2. The molecule has 1 fully saturated rings. The summed E-state index contributed by atoms with van der Waals surface area (Å²) in [5, 5.41) is 0. The molecule has 1 saturated heterocycles. The van der Waals surface area contributed by atoms with Crippen LogP contribution in [0.2, 0.25) is 0 Å². The van der Waals surface area contributed by atoms with Gasteiger partial charge in [0.2, 0.25) is 0 Å². The van der Waals surface area contributed by atoms with Crippen molar-refractivity contribution in [3.63, 3.8) is 0 Å². The van der Waals surface area contributed by atoms with Crippen molar-refractivity contribution in [3.8, 4) is 11.5 Å². The van der Waals surface area contributed by atoms with Gasteiger partial charge in [0.1, 0.15) is 23.4 Å². The van der Waals surface area contributed by atoms with Crippen molar-refractivity contribution >= 4 is 5.69 Å². The fourth-order valence-corrected chi connectivity index (χ4v) is 3.98. The molecule has 1 unspecified atom stereocenters. The van der Waals surface area contributed by atoms with E-state index in [9.17, 15) is 4.39 Å². The first-order valence-corrected chi connectivity index (χ1v) is 10.8. The number of piperazine rings is 1. The molecule has 4 nitrogen and oxygen atoms in total. The molecule has 0 saturated carbocycles. The number of benzene rings is 3. The van der Waals surface area contributed by atoms with Gasteiger partial charge in [-0.15, -0.1) is 0 Å². The van der Waals surface area contributed by atoms with Crippen molar-refractivity contribution in [2.24, 2.45) is 0 Å². The quantitative estimate of drug-likeness (QED) is 0.502. The maximum atomic E-state index is 13.2. The van der Waals surface area contributed by atoms with E-state index in [-0.39, 0.29) is 11.9 Å². The van der Waals surface area contributed by atoms with E-state index in [0.29, 0.717) is 0 Å². The predicted octanol–water partition coefficient (Wildman–Crippen LogP) is 5.17. The van der Waals surface area contributed by atoms with Crippen LogP contribution in [0.5, 0.6) is 11.5 Å². The van der Waals surface area contributed by atoms with Gasteiger partial charge in [-0.2, -0.15) is 0 Å². The van der Waals surface area contributed by atoms with Gasteiger partial charge in [0, 0.05) is 44.8 Å². The van der Waals surface area contributed by atoms with Crippen LogP contribution < -0.4 is 14.4 Å². The first-order chi connectivity index (χ1) is 15.2. The second kappa shape index (κ2) is 10.3. The summed E-state index contributed by atoms with van der Waals surface area (Å²) >= 11 is 0. The third-order valence-corrected chi connectivity index (χ3v) is 5.76. The van der Waals surface area contributed by atoms with Gasteiger partial charge >= 0.3 is 0 Å². The van der Waals surface area contributed by atoms with Gasteiger partial charge < -0.3 is 14.4 Å². The molecule has 1 atom stereocenters. The molecule has 31 heavy (non-hydrogen) atoms.